The highest BCUT2D eigenvalue weighted by molar-refractivity contribution is 6.31. The molecule has 0 saturated carbocycles. The molecule has 0 aliphatic carbocycles. The Bertz CT molecular complexity index is 815. The lowest BCUT2D eigenvalue weighted by molar-refractivity contribution is 0.0214. The molecule has 4 heterocycles. The maximum atomic E-state index is 13.1. The zero-order chi connectivity index (χ0) is 16.4. The van der Waals surface area contributed by atoms with Gasteiger partial charge in [0, 0.05) is 34.2 Å². The number of aromatic nitrogens is 1. The summed E-state index contributed by atoms with van der Waals surface area (Å²) in [6.45, 7) is 0.735. The second kappa shape index (κ2) is 5.24. The minimum absolute atomic E-state index is 0.134. The minimum atomic E-state index is 0.134. The van der Waals surface area contributed by atoms with Crippen molar-refractivity contribution >= 4 is 28.5 Å². The topological polar surface area (TPSA) is 28.5 Å². The lowest BCUT2D eigenvalue weighted by atomic mass is 9.82. The fourth-order valence-electron chi connectivity index (χ4n) is 5.07. The SMILES string of the molecule is CN1C2CCCC1CC(N1Cc3cc4ccc(Cl)cc4n3C1=O)C2. The predicted octanol–water partition coefficient (Wildman–Crippen LogP) is 4.09. The van der Waals surface area contributed by atoms with Crippen LogP contribution in [0.25, 0.3) is 10.9 Å². The summed E-state index contributed by atoms with van der Waals surface area (Å²) in [7, 11) is 2.26. The van der Waals surface area contributed by atoms with Gasteiger partial charge in [0.05, 0.1) is 12.1 Å². The average molecular weight is 344 g/mol. The number of nitrogens with zero attached hydrogens (tertiary/aromatic N) is 3. The van der Waals surface area contributed by atoms with Crippen molar-refractivity contribution in [2.24, 2.45) is 0 Å². The molecule has 5 rings (SSSR count). The summed E-state index contributed by atoms with van der Waals surface area (Å²) < 4.78 is 1.87. The number of carbonyl (C=O) groups excluding carboxylic acids is 1. The van der Waals surface area contributed by atoms with Crippen LogP contribution in [-0.2, 0) is 6.54 Å². The van der Waals surface area contributed by atoms with Crippen LogP contribution in [0.1, 0.15) is 37.8 Å². The van der Waals surface area contributed by atoms with Crippen LogP contribution in [0, 0.1) is 0 Å². The molecule has 4 nitrogen and oxygen atoms in total. The van der Waals surface area contributed by atoms with Gasteiger partial charge >= 0.3 is 6.03 Å². The number of fused-ring (bicyclic) bond motifs is 5. The molecule has 2 bridgehead atoms. The average Bonchev–Trinajstić information content (AvgIpc) is 3.04. The van der Waals surface area contributed by atoms with Gasteiger partial charge in [0.25, 0.3) is 0 Å². The molecule has 5 heteroatoms. The Hall–Kier alpha value is -1.52. The third kappa shape index (κ3) is 2.06. The monoisotopic (exact) mass is 343 g/mol. The standard InChI is InChI=1S/C19H22ClN3O/c1-21-14-3-2-4-15(21)10-16(9-14)22-11-17-7-12-5-6-13(20)8-18(12)23(17)19(22)24/h5-8,14-16H,2-4,9-11H2,1H3. The van der Waals surface area contributed by atoms with Gasteiger partial charge in [0.2, 0.25) is 0 Å². The van der Waals surface area contributed by atoms with Gasteiger partial charge < -0.3 is 9.80 Å². The summed E-state index contributed by atoms with van der Waals surface area (Å²) in [4.78, 5) is 17.8. The zero-order valence-corrected chi connectivity index (χ0v) is 14.7. The molecule has 1 aromatic heterocycles. The molecule has 2 unspecified atom stereocenters. The van der Waals surface area contributed by atoms with E-state index >= 15 is 0 Å². The van der Waals surface area contributed by atoms with Crippen LogP contribution in [0.15, 0.2) is 24.3 Å². The molecular formula is C19H22ClN3O. The van der Waals surface area contributed by atoms with Crippen LogP contribution < -0.4 is 0 Å². The van der Waals surface area contributed by atoms with Gasteiger partial charge in [-0.25, -0.2) is 4.79 Å². The molecule has 3 aliphatic heterocycles. The fourth-order valence-corrected chi connectivity index (χ4v) is 5.24. The van der Waals surface area contributed by atoms with Gasteiger partial charge in [-0.1, -0.05) is 24.1 Å². The fraction of sp³-hybridized carbons (Fsp3) is 0.526. The Morgan fingerprint density at radius 1 is 1.08 bits per heavy atom. The molecular weight excluding hydrogens is 322 g/mol. The van der Waals surface area contributed by atoms with Gasteiger partial charge in [-0.05, 0) is 50.9 Å². The largest absolute Gasteiger partial charge is 0.329 e. The smallest absolute Gasteiger partial charge is 0.315 e. The molecule has 2 atom stereocenters. The van der Waals surface area contributed by atoms with Crippen molar-refractivity contribution in [1.29, 1.82) is 0 Å². The quantitative estimate of drug-likeness (QED) is 0.780. The van der Waals surface area contributed by atoms with Crippen LogP contribution >= 0.6 is 11.6 Å². The zero-order valence-electron chi connectivity index (χ0n) is 13.9. The van der Waals surface area contributed by atoms with Gasteiger partial charge in [0.1, 0.15) is 0 Å². The van der Waals surface area contributed by atoms with Gasteiger partial charge in [0.15, 0.2) is 0 Å². The highest BCUT2D eigenvalue weighted by atomic mass is 35.5. The van der Waals surface area contributed by atoms with Gasteiger partial charge in [-0.15, -0.1) is 0 Å². The van der Waals surface area contributed by atoms with Crippen molar-refractivity contribution in [3.8, 4) is 0 Å². The normalized spacial score (nSPS) is 30.2. The summed E-state index contributed by atoms with van der Waals surface area (Å²) in [6, 6.07) is 9.72. The van der Waals surface area contributed by atoms with E-state index in [0.717, 1.165) is 36.0 Å². The Kier molecular flexibility index (Phi) is 3.23. The van der Waals surface area contributed by atoms with E-state index in [1.807, 2.05) is 22.8 Å². The van der Waals surface area contributed by atoms with E-state index < -0.39 is 0 Å². The maximum Gasteiger partial charge on any atom is 0.329 e. The summed E-state index contributed by atoms with van der Waals surface area (Å²) in [5.41, 5.74) is 2.04. The van der Waals surface area contributed by atoms with E-state index in [4.69, 9.17) is 11.6 Å². The third-order valence-electron chi connectivity index (χ3n) is 6.37. The summed E-state index contributed by atoms with van der Waals surface area (Å²) in [5, 5.41) is 1.78. The summed E-state index contributed by atoms with van der Waals surface area (Å²) in [5.74, 6) is 0. The third-order valence-corrected chi connectivity index (χ3v) is 6.60. The number of carbonyl (C=O) groups is 1. The maximum absolute atomic E-state index is 13.1. The van der Waals surface area contributed by atoms with Crippen LogP contribution in [-0.4, -0.2) is 45.6 Å². The van der Waals surface area contributed by atoms with Crippen molar-refractivity contribution in [3.63, 3.8) is 0 Å². The van der Waals surface area contributed by atoms with Crippen LogP contribution in [0.3, 0.4) is 0 Å². The van der Waals surface area contributed by atoms with E-state index in [1.54, 1.807) is 0 Å². The predicted molar refractivity (Wildman–Crippen MR) is 95.5 cm³/mol. The molecule has 2 fully saturated rings. The van der Waals surface area contributed by atoms with Crippen molar-refractivity contribution in [2.45, 2.75) is 56.8 Å². The highest BCUT2D eigenvalue weighted by Gasteiger charge is 2.42. The minimum Gasteiger partial charge on any atom is -0.315 e. The highest BCUT2D eigenvalue weighted by Crippen LogP contribution is 2.38. The van der Waals surface area contributed by atoms with E-state index in [1.165, 1.54) is 19.3 Å². The molecule has 2 aromatic rings. The number of hydrogen-bond donors (Lipinski definition) is 0. The van der Waals surface area contributed by atoms with E-state index in [-0.39, 0.29) is 6.03 Å². The van der Waals surface area contributed by atoms with Crippen molar-refractivity contribution < 1.29 is 4.79 Å². The number of hydrogen-bond acceptors (Lipinski definition) is 2. The lowest BCUT2D eigenvalue weighted by Gasteiger charge is -2.48. The number of halogens is 1. The number of rotatable bonds is 1. The van der Waals surface area contributed by atoms with E-state index in [0.29, 0.717) is 23.1 Å². The molecule has 1 aromatic carbocycles. The Labute approximate surface area is 147 Å². The van der Waals surface area contributed by atoms with Crippen LogP contribution in [0.5, 0.6) is 0 Å². The Morgan fingerprint density at radius 3 is 2.58 bits per heavy atom. The molecule has 126 valence electrons. The molecule has 0 N–H and O–H groups in total. The second-order valence-corrected chi connectivity index (χ2v) is 8.05. The number of piperidine rings is 2. The Balaban J connectivity index is 1.47. The first kappa shape index (κ1) is 14.8. The molecule has 1 amide bonds. The summed E-state index contributed by atoms with van der Waals surface area (Å²) >= 11 is 6.15. The van der Waals surface area contributed by atoms with Crippen molar-refractivity contribution in [1.82, 2.24) is 14.4 Å². The van der Waals surface area contributed by atoms with Crippen molar-refractivity contribution in [2.75, 3.05) is 7.05 Å². The molecule has 0 spiro atoms. The molecule has 24 heavy (non-hydrogen) atoms. The Morgan fingerprint density at radius 2 is 1.83 bits per heavy atom. The first-order chi connectivity index (χ1) is 11.6. The molecule has 0 radical (unpaired) electrons. The van der Waals surface area contributed by atoms with E-state index in [9.17, 15) is 4.79 Å². The second-order valence-electron chi connectivity index (χ2n) is 7.61. The van der Waals surface area contributed by atoms with Crippen LogP contribution in [0.2, 0.25) is 5.02 Å². The molecule has 2 saturated heterocycles. The number of benzene rings is 1. The van der Waals surface area contributed by atoms with Gasteiger partial charge in [-0.2, -0.15) is 0 Å². The first-order valence-corrected chi connectivity index (χ1v) is 9.32. The van der Waals surface area contributed by atoms with Crippen LogP contribution in [0.4, 0.5) is 4.79 Å². The number of amides is 1. The molecule has 3 aliphatic rings. The first-order valence-electron chi connectivity index (χ1n) is 8.94. The van der Waals surface area contributed by atoms with Gasteiger partial charge in [-0.3, -0.25) is 4.57 Å². The van der Waals surface area contributed by atoms with E-state index in [2.05, 4.69) is 22.9 Å². The summed E-state index contributed by atoms with van der Waals surface area (Å²) in [6.07, 6.45) is 6.11. The lowest BCUT2D eigenvalue weighted by Crippen LogP contribution is -2.55. The van der Waals surface area contributed by atoms with Crippen molar-refractivity contribution in [3.05, 3.63) is 35.0 Å².